The van der Waals surface area contributed by atoms with Crippen LogP contribution in [-0.2, 0) is 14.4 Å². The zero-order valence-electron chi connectivity index (χ0n) is 19.4. The van der Waals surface area contributed by atoms with Crippen LogP contribution in [0.15, 0.2) is 36.4 Å². The molecule has 37 heavy (non-hydrogen) atoms. The van der Waals surface area contributed by atoms with Crippen LogP contribution in [-0.4, -0.2) is 47.4 Å². The number of nitrogens with one attached hydrogen (secondary N) is 3. The number of carbonyl (C=O) groups excluding carboxylic acids is 4. The number of fused-ring (bicyclic) bond motifs is 4. The summed E-state index contributed by atoms with van der Waals surface area (Å²) >= 11 is 11.6. The summed E-state index contributed by atoms with van der Waals surface area (Å²) in [6.07, 6.45) is 0.0940. The highest BCUT2D eigenvalue weighted by molar-refractivity contribution is 6.31. The van der Waals surface area contributed by atoms with E-state index in [-0.39, 0.29) is 41.6 Å². The summed E-state index contributed by atoms with van der Waals surface area (Å²) < 4.78 is 24.6. The smallest absolute Gasteiger partial charge is 0.263 e. The number of hydrogen-bond acceptors (Lipinski definition) is 6. The lowest BCUT2D eigenvalue weighted by Crippen LogP contribution is -2.77. The largest absolute Gasteiger partial charge is 0.484 e. The Balaban J connectivity index is 1.18. The normalized spacial score (nSPS) is 26.0. The Hall–Kier alpha value is -3.37. The summed E-state index contributed by atoms with van der Waals surface area (Å²) in [5, 5.41) is 8.73. The molecule has 194 valence electrons. The lowest BCUT2D eigenvalue weighted by molar-refractivity contribution is -0.147. The van der Waals surface area contributed by atoms with Crippen molar-refractivity contribution in [3.8, 4) is 11.5 Å². The molecule has 3 heterocycles. The number of hydrogen-bond donors (Lipinski definition) is 3. The molecule has 6 rings (SSSR count). The van der Waals surface area contributed by atoms with Gasteiger partial charge in [-0.2, -0.15) is 0 Å². The number of amides is 3. The van der Waals surface area contributed by atoms with E-state index in [1.807, 2.05) is 0 Å². The second kappa shape index (κ2) is 9.50. The molecule has 0 spiro atoms. The number of carbonyl (C=O) groups is 4. The zero-order chi connectivity index (χ0) is 26.4. The Morgan fingerprint density at radius 3 is 2.54 bits per heavy atom. The summed E-state index contributed by atoms with van der Waals surface area (Å²) in [6, 6.07) is 8.42. The van der Waals surface area contributed by atoms with E-state index in [9.17, 15) is 23.6 Å². The molecule has 1 aliphatic carbocycles. The minimum absolute atomic E-state index is 0.0660. The van der Waals surface area contributed by atoms with Gasteiger partial charge < -0.3 is 25.4 Å². The van der Waals surface area contributed by atoms with Gasteiger partial charge in [0, 0.05) is 11.1 Å². The first-order valence-corrected chi connectivity index (χ1v) is 12.4. The Morgan fingerprint density at radius 1 is 1.08 bits per heavy atom. The van der Waals surface area contributed by atoms with Gasteiger partial charge in [0.15, 0.2) is 18.5 Å². The SMILES string of the molecule is O=C(COc1ccc(Cl)c(F)c1)NC12CCC(NC(=O)C3CC(=O)c4cc(Cl)ccc4O3)(CC1)NC2=O. The molecule has 1 atom stereocenters. The summed E-state index contributed by atoms with van der Waals surface area (Å²) in [5.74, 6) is -2.03. The maximum Gasteiger partial charge on any atom is 0.263 e. The molecule has 1 saturated carbocycles. The van der Waals surface area contributed by atoms with Crippen LogP contribution in [0.1, 0.15) is 42.5 Å². The lowest BCUT2D eigenvalue weighted by Gasteiger charge is -2.53. The number of benzene rings is 2. The molecule has 1 unspecified atom stereocenters. The van der Waals surface area contributed by atoms with Crippen molar-refractivity contribution in [2.75, 3.05) is 6.61 Å². The minimum Gasteiger partial charge on any atom is -0.484 e. The molecule has 12 heteroatoms. The van der Waals surface area contributed by atoms with Crippen molar-refractivity contribution in [2.24, 2.45) is 0 Å². The van der Waals surface area contributed by atoms with Crippen LogP contribution >= 0.6 is 23.2 Å². The summed E-state index contributed by atoms with van der Waals surface area (Å²) in [6.45, 7) is -0.419. The maximum atomic E-state index is 13.6. The molecule has 3 amide bonds. The molecular formula is C25H22Cl2FN3O6. The monoisotopic (exact) mass is 549 g/mol. The minimum atomic E-state index is -1.15. The van der Waals surface area contributed by atoms with Gasteiger partial charge in [0.05, 0.1) is 17.0 Å². The topological polar surface area (TPSA) is 123 Å². The van der Waals surface area contributed by atoms with Crippen molar-refractivity contribution in [1.82, 2.24) is 16.0 Å². The highest BCUT2D eigenvalue weighted by atomic mass is 35.5. The van der Waals surface area contributed by atoms with E-state index in [1.54, 1.807) is 12.1 Å². The second-order valence-corrected chi connectivity index (χ2v) is 10.2. The van der Waals surface area contributed by atoms with E-state index < -0.39 is 47.5 Å². The van der Waals surface area contributed by atoms with Crippen LogP contribution in [0.3, 0.4) is 0 Å². The standard InChI is InChI=1S/C25H22Cl2FN3O6/c26-13-1-4-19-15(9-13)18(32)11-20(37-19)22(34)30-25-7-5-24(6-8-25,23(35)31-25)29-21(33)12-36-14-2-3-16(27)17(28)10-14/h1-4,9-10,20H,5-8,11-12H2,(H,29,33)(H,30,34)(H,31,35). The molecule has 4 aliphatic rings. The molecule has 0 radical (unpaired) electrons. The van der Waals surface area contributed by atoms with E-state index in [4.69, 9.17) is 32.7 Å². The molecule has 2 aromatic rings. The predicted octanol–water partition coefficient (Wildman–Crippen LogP) is 2.92. The van der Waals surface area contributed by atoms with Crippen molar-refractivity contribution < 1.29 is 33.0 Å². The van der Waals surface area contributed by atoms with E-state index in [1.165, 1.54) is 18.2 Å². The van der Waals surface area contributed by atoms with E-state index in [0.717, 1.165) is 6.07 Å². The van der Waals surface area contributed by atoms with Crippen molar-refractivity contribution in [1.29, 1.82) is 0 Å². The van der Waals surface area contributed by atoms with Crippen LogP contribution in [0, 0.1) is 5.82 Å². The molecule has 2 bridgehead atoms. The molecule has 3 aliphatic heterocycles. The fourth-order valence-electron chi connectivity index (χ4n) is 4.91. The van der Waals surface area contributed by atoms with E-state index >= 15 is 0 Å². The van der Waals surface area contributed by atoms with Crippen molar-refractivity contribution in [3.05, 3.63) is 57.8 Å². The van der Waals surface area contributed by atoms with E-state index in [0.29, 0.717) is 23.4 Å². The van der Waals surface area contributed by atoms with Crippen LogP contribution in [0.25, 0.3) is 0 Å². The first kappa shape index (κ1) is 25.3. The average molecular weight is 550 g/mol. The maximum absolute atomic E-state index is 13.6. The van der Waals surface area contributed by atoms with Gasteiger partial charge in [0.25, 0.3) is 11.8 Å². The molecular weight excluding hydrogens is 528 g/mol. The number of halogens is 3. The molecule has 3 N–H and O–H groups in total. The van der Waals surface area contributed by atoms with Crippen molar-refractivity contribution in [3.63, 3.8) is 0 Å². The third kappa shape index (κ3) is 4.95. The van der Waals surface area contributed by atoms with Crippen LogP contribution in [0.4, 0.5) is 4.39 Å². The first-order valence-electron chi connectivity index (χ1n) is 11.6. The zero-order valence-corrected chi connectivity index (χ0v) is 20.9. The predicted molar refractivity (Wildman–Crippen MR) is 130 cm³/mol. The number of ketones is 1. The van der Waals surface area contributed by atoms with Crippen LogP contribution in [0.2, 0.25) is 10.0 Å². The van der Waals surface area contributed by atoms with Gasteiger partial charge in [-0.1, -0.05) is 23.2 Å². The highest BCUT2D eigenvalue weighted by Gasteiger charge is 2.56. The Morgan fingerprint density at radius 2 is 1.84 bits per heavy atom. The highest BCUT2D eigenvalue weighted by Crippen LogP contribution is 2.39. The summed E-state index contributed by atoms with van der Waals surface area (Å²) in [7, 11) is 0. The van der Waals surface area contributed by atoms with E-state index in [2.05, 4.69) is 16.0 Å². The molecule has 9 nitrogen and oxygen atoms in total. The third-order valence-corrected chi connectivity index (χ3v) is 7.46. The molecule has 2 aromatic carbocycles. The van der Waals surface area contributed by atoms with Crippen LogP contribution < -0.4 is 25.4 Å². The van der Waals surface area contributed by atoms with Gasteiger partial charge in [-0.25, -0.2) is 4.39 Å². The fourth-order valence-corrected chi connectivity index (χ4v) is 5.20. The number of Topliss-reactive ketones (excluding diaryl/α,β-unsaturated/α-hetero) is 1. The quantitative estimate of drug-likeness (QED) is 0.509. The first-order chi connectivity index (χ1) is 17.6. The van der Waals surface area contributed by atoms with Crippen LogP contribution in [0.5, 0.6) is 11.5 Å². The molecule has 3 fully saturated rings. The second-order valence-electron chi connectivity index (χ2n) is 9.39. The molecule has 0 aromatic heterocycles. The number of ether oxygens (including phenoxy) is 2. The number of rotatable bonds is 6. The van der Waals surface area contributed by atoms with Gasteiger partial charge in [-0.05, 0) is 56.0 Å². The fraction of sp³-hybridized carbons (Fsp3) is 0.360. The van der Waals surface area contributed by atoms with Gasteiger partial charge in [0.1, 0.15) is 28.5 Å². The van der Waals surface area contributed by atoms with Crippen molar-refractivity contribution in [2.45, 2.75) is 49.4 Å². The number of piperidine rings is 2. The van der Waals surface area contributed by atoms with Gasteiger partial charge >= 0.3 is 0 Å². The van der Waals surface area contributed by atoms with Gasteiger partial charge in [0.2, 0.25) is 5.91 Å². The summed E-state index contributed by atoms with van der Waals surface area (Å²) in [4.78, 5) is 51.0. The molecule has 2 saturated heterocycles. The summed E-state index contributed by atoms with van der Waals surface area (Å²) in [5.41, 5.74) is -1.83. The van der Waals surface area contributed by atoms with Crippen molar-refractivity contribution >= 4 is 46.7 Å². The Kier molecular flexibility index (Phi) is 6.49. The van der Waals surface area contributed by atoms with Gasteiger partial charge in [-0.15, -0.1) is 0 Å². The average Bonchev–Trinajstić information content (AvgIpc) is 2.86. The third-order valence-electron chi connectivity index (χ3n) is 6.92. The Labute approximate surface area is 221 Å². The van der Waals surface area contributed by atoms with Gasteiger partial charge in [-0.3, -0.25) is 19.2 Å². The Bertz CT molecular complexity index is 1310. The lowest BCUT2D eigenvalue weighted by atomic mass is 9.70.